The smallest absolute Gasteiger partial charge is 0.278 e. The van der Waals surface area contributed by atoms with Gasteiger partial charge in [0, 0.05) is 30.4 Å². The average Bonchev–Trinajstić information content (AvgIpc) is 3.39. The van der Waals surface area contributed by atoms with Crippen molar-refractivity contribution >= 4 is 11.6 Å². The molecule has 0 aliphatic carbocycles. The number of rotatable bonds is 6. The fourth-order valence-corrected chi connectivity index (χ4v) is 2.97. The lowest BCUT2D eigenvalue weighted by atomic mass is 10.1. The zero-order valence-electron chi connectivity index (χ0n) is 16.3. The maximum Gasteiger partial charge on any atom is 0.278 e. The molecule has 0 bridgehead atoms. The fourth-order valence-electron chi connectivity index (χ4n) is 2.97. The molecular formula is C22H21N5O2. The number of amides is 1. The predicted molar refractivity (Wildman–Crippen MR) is 110 cm³/mol. The average molecular weight is 387 g/mol. The van der Waals surface area contributed by atoms with Gasteiger partial charge in [-0.3, -0.25) is 4.79 Å². The van der Waals surface area contributed by atoms with Crippen LogP contribution < -0.4 is 5.32 Å². The molecule has 2 aromatic heterocycles. The van der Waals surface area contributed by atoms with Crippen molar-refractivity contribution in [3.05, 3.63) is 72.2 Å². The Balaban J connectivity index is 1.46. The van der Waals surface area contributed by atoms with Gasteiger partial charge in [-0.05, 0) is 30.2 Å². The third-order valence-corrected chi connectivity index (χ3v) is 4.59. The minimum atomic E-state index is 0.00150. The molecule has 0 saturated heterocycles. The molecule has 2 heterocycles. The highest BCUT2D eigenvalue weighted by molar-refractivity contribution is 5.90. The third-order valence-electron chi connectivity index (χ3n) is 4.59. The van der Waals surface area contributed by atoms with Gasteiger partial charge in [0.15, 0.2) is 0 Å². The molecule has 1 N–H and O–H groups in total. The summed E-state index contributed by atoms with van der Waals surface area (Å²) in [5, 5.41) is 6.93. The molecule has 2 aromatic carbocycles. The van der Waals surface area contributed by atoms with Crippen molar-refractivity contribution in [3.8, 4) is 23.0 Å². The quantitative estimate of drug-likeness (QED) is 0.533. The number of carbonyl (C=O) groups is 1. The number of benzene rings is 2. The molecule has 0 saturated carbocycles. The van der Waals surface area contributed by atoms with Crippen LogP contribution in [0.4, 0.5) is 5.69 Å². The standard InChI is InChI=1S/C22H21N5O2/c1-3-20(28)24-17-10-8-16(9-11-17)12-27-13-19(23-14-27)22-25-21(26-29-22)18-7-5-4-6-15(18)2/h4-11,13-14H,3,12H2,1-2H3,(H,24,28). The van der Waals surface area contributed by atoms with Gasteiger partial charge in [-0.1, -0.05) is 48.5 Å². The van der Waals surface area contributed by atoms with Crippen LogP contribution in [0.25, 0.3) is 23.0 Å². The first-order chi connectivity index (χ1) is 14.1. The molecular weight excluding hydrogens is 366 g/mol. The number of anilines is 1. The molecule has 0 fully saturated rings. The van der Waals surface area contributed by atoms with E-state index in [1.807, 2.05) is 73.1 Å². The molecule has 4 aromatic rings. The van der Waals surface area contributed by atoms with Crippen LogP contribution in [-0.2, 0) is 11.3 Å². The van der Waals surface area contributed by atoms with E-state index in [-0.39, 0.29) is 5.91 Å². The Kier molecular flexibility index (Phi) is 5.20. The number of carbonyl (C=O) groups excluding carboxylic acids is 1. The summed E-state index contributed by atoms with van der Waals surface area (Å²) in [4.78, 5) is 20.3. The molecule has 0 aliphatic rings. The predicted octanol–water partition coefficient (Wildman–Crippen LogP) is 4.31. The molecule has 1 amide bonds. The van der Waals surface area contributed by atoms with E-state index in [4.69, 9.17) is 4.52 Å². The summed E-state index contributed by atoms with van der Waals surface area (Å²) in [6.45, 7) is 4.49. The van der Waals surface area contributed by atoms with Crippen molar-refractivity contribution in [2.75, 3.05) is 5.32 Å². The van der Waals surface area contributed by atoms with E-state index >= 15 is 0 Å². The van der Waals surface area contributed by atoms with Gasteiger partial charge in [0.05, 0.1) is 6.33 Å². The zero-order chi connectivity index (χ0) is 20.2. The molecule has 0 spiro atoms. The van der Waals surface area contributed by atoms with Crippen LogP contribution in [0.3, 0.4) is 0 Å². The van der Waals surface area contributed by atoms with E-state index in [2.05, 4.69) is 20.4 Å². The second kappa shape index (κ2) is 8.10. The lowest BCUT2D eigenvalue weighted by molar-refractivity contribution is -0.115. The fraction of sp³-hybridized carbons (Fsp3) is 0.182. The molecule has 0 atom stereocenters. The number of nitrogens with zero attached hydrogens (tertiary/aromatic N) is 4. The summed E-state index contributed by atoms with van der Waals surface area (Å²) in [5.41, 5.74) is 4.54. The highest BCUT2D eigenvalue weighted by Gasteiger charge is 2.14. The summed E-state index contributed by atoms with van der Waals surface area (Å²) in [6.07, 6.45) is 4.07. The normalized spacial score (nSPS) is 10.8. The van der Waals surface area contributed by atoms with E-state index in [1.165, 1.54) is 0 Å². The Morgan fingerprint density at radius 2 is 1.93 bits per heavy atom. The van der Waals surface area contributed by atoms with Crippen molar-refractivity contribution < 1.29 is 9.32 Å². The first-order valence-corrected chi connectivity index (χ1v) is 9.43. The molecule has 7 nitrogen and oxygen atoms in total. The van der Waals surface area contributed by atoms with Crippen LogP contribution in [0, 0.1) is 6.92 Å². The van der Waals surface area contributed by atoms with E-state index in [1.54, 1.807) is 6.33 Å². The van der Waals surface area contributed by atoms with Crippen molar-refractivity contribution in [1.82, 2.24) is 19.7 Å². The lowest BCUT2D eigenvalue weighted by Crippen LogP contribution is -2.09. The van der Waals surface area contributed by atoms with Gasteiger partial charge >= 0.3 is 0 Å². The van der Waals surface area contributed by atoms with Gasteiger partial charge in [-0.15, -0.1) is 0 Å². The zero-order valence-corrected chi connectivity index (χ0v) is 16.3. The summed E-state index contributed by atoms with van der Waals surface area (Å²) in [5.74, 6) is 0.943. The Bertz CT molecular complexity index is 1130. The molecule has 4 rings (SSSR count). The SMILES string of the molecule is CCC(=O)Nc1ccc(Cn2cnc(-c3nc(-c4ccccc4C)no3)c2)cc1. The third kappa shape index (κ3) is 4.24. The number of hydrogen-bond acceptors (Lipinski definition) is 5. The molecule has 0 aliphatic heterocycles. The summed E-state index contributed by atoms with van der Waals surface area (Å²) < 4.78 is 7.36. The van der Waals surface area contributed by atoms with Crippen molar-refractivity contribution in [2.45, 2.75) is 26.8 Å². The summed E-state index contributed by atoms with van der Waals surface area (Å²) in [7, 11) is 0. The Labute approximate surface area is 168 Å². The van der Waals surface area contributed by atoms with Crippen molar-refractivity contribution in [1.29, 1.82) is 0 Å². The van der Waals surface area contributed by atoms with Crippen LogP contribution >= 0.6 is 0 Å². The van der Waals surface area contributed by atoms with Crippen LogP contribution in [0.15, 0.2) is 65.6 Å². The Hall–Kier alpha value is -3.74. The van der Waals surface area contributed by atoms with Crippen LogP contribution in [0.1, 0.15) is 24.5 Å². The summed E-state index contributed by atoms with van der Waals surface area (Å²) in [6, 6.07) is 15.7. The van der Waals surface area contributed by atoms with E-state index in [0.29, 0.717) is 30.4 Å². The second-order valence-electron chi connectivity index (χ2n) is 6.77. The minimum Gasteiger partial charge on any atom is -0.332 e. The molecule has 0 radical (unpaired) electrons. The number of hydrogen-bond donors (Lipinski definition) is 1. The first-order valence-electron chi connectivity index (χ1n) is 9.43. The van der Waals surface area contributed by atoms with Gasteiger partial charge < -0.3 is 14.4 Å². The molecule has 7 heteroatoms. The topological polar surface area (TPSA) is 85.8 Å². The summed E-state index contributed by atoms with van der Waals surface area (Å²) >= 11 is 0. The molecule has 29 heavy (non-hydrogen) atoms. The van der Waals surface area contributed by atoms with E-state index in [0.717, 1.165) is 22.4 Å². The van der Waals surface area contributed by atoms with E-state index < -0.39 is 0 Å². The number of aryl methyl sites for hydroxylation is 1. The van der Waals surface area contributed by atoms with Gasteiger partial charge in [0.2, 0.25) is 11.7 Å². The van der Waals surface area contributed by atoms with Crippen molar-refractivity contribution in [2.24, 2.45) is 0 Å². The largest absolute Gasteiger partial charge is 0.332 e. The Morgan fingerprint density at radius 1 is 1.14 bits per heavy atom. The van der Waals surface area contributed by atoms with Gasteiger partial charge in [-0.2, -0.15) is 4.98 Å². The highest BCUT2D eigenvalue weighted by atomic mass is 16.5. The van der Waals surface area contributed by atoms with Gasteiger partial charge in [-0.25, -0.2) is 4.98 Å². The van der Waals surface area contributed by atoms with Gasteiger partial charge in [0.1, 0.15) is 5.69 Å². The van der Waals surface area contributed by atoms with E-state index in [9.17, 15) is 4.79 Å². The van der Waals surface area contributed by atoms with Gasteiger partial charge in [0.25, 0.3) is 5.89 Å². The van der Waals surface area contributed by atoms with Crippen molar-refractivity contribution in [3.63, 3.8) is 0 Å². The minimum absolute atomic E-state index is 0.00150. The monoisotopic (exact) mass is 387 g/mol. The maximum atomic E-state index is 11.5. The Morgan fingerprint density at radius 3 is 2.69 bits per heavy atom. The number of nitrogens with one attached hydrogen (secondary N) is 1. The lowest BCUT2D eigenvalue weighted by Gasteiger charge is -2.06. The highest BCUT2D eigenvalue weighted by Crippen LogP contribution is 2.23. The van der Waals surface area contributed by atoms with Crippen LogP contribution in [0.5, 0.6) is 0 Å². The number of aromatic nitrogens is 4. The first kappa shape index (κ1) is 18.6. The molecule has 146 valence electrons. The van der Waals surface area contributed by atoms with Crippen LogP contribution in [0.2, 0.25) is 0 Å². The second-order valence-corrected chi connectivity index (χ2v) is 6.77. The van der Waals surface area contributed by atoms with Crippen LogP contribution in [-0.4, -0.2) is 25.6 Å². The number of imidazole rings is 1. The maximum absolute atomic E-state index is 11.5. The molecule has 0 unspecified atom stereocenters.